The van der Waals surface area contributed by atoms with E-state index in [2.05, 4.69) is 19.9 Å². The summed E-state index contributed by atoms with van der Waals surface area (Å²) in [4.78, 5) is 11.5. The van der Waals surface area contributed by atoms with E-state index >= 15 is 0 Å². The smallest absolute Gasteiger partial charge is 0.331 e. The molecule has 106 valence electrons. The Hall–Kier alpha value is -0.790. The lowest BCUT2D eigenvalue weighted by Crippen LogP contribution is -2.45. The van der Waals surface area contributed by atoms with E-state index in [1.54, 1.807) is 0 Å². The van der Waals surface area contributed by atoms with Crippen LogP contribution in [0.4, 0.5) is 0 Å². The summed E-state index contributed by atoms with van der Waals surface area (Å²) in [5.41, 5.74) is 0.925. The molecule has 2 heteroatoms. The first-order valence-electron chi connectivity index (χ1n) is 7.91. The zero-order valence-electron chi connectivity index (χ0n) is 12.2. The predicted molar refractivity (Wildman–Crippen MR) is 75.8 cm³/mol. The summed E-state index contributed by atoms with van der Waals surface area (Å²) in [5.74, 6) is 2.39. The Morgan fingerprint density at radius 2 is 1.63 bits per heavy atom. The van der Waals surface area contributed by atoms with Crippen molar-refractivity contribution < 1.29 is 9.90 Å². The molecule has 0 aromatic carbocycles. The minimum atomic E-state index is -0.690. The highest BCUT2D eigenvalue weighted by atomic mass is 16.4. The Labute approximate surface area is 116 Å². The maximum atomic E-state index is 11.5. The van der Waals surface area contributed by atoms with Gasteiger partial charge in [-0.1, -0.05) is 19.9 Å². The van der Waals surface area contributed by atoms with Crippen molar-refractivity contribution in [2.45, 2.75) is 58.8 Å². The van der Waals surface area contributed by atoms with E-state index in [1.807, 2.05) is 0 Å². The molecular formula is C17H26O2. The zero-order valence-corrected chi connectivity index (χ0v) is 12.2. The van der Waals surface area contributed by atoms with E-state index in [9.17, 15) is 9.90 Å². The van der Waals surface area contributed by atoms with Crippen LogP contribution in [0.1, 0.15) is 58.8 Å². The minimum Gasteiger partial charge on any atom is -0.478 e. The number of carbonyl (C=O) groups is 1. The number of hydrogen-bond acceptors (Lipinski definition) is 1. The van der Waals surface area contributed by atoms with Crippen LogP contribution in [0.2, 0.25) is 0 Å². The molecule has 0 amide bonds. The van der Waals surface area contributed by atoms with E-state index in [0.29, 0.717) is 11.5 Å². The van der Waals surface area contributed by atoms with Gasteiger partial charge >= 0.3 is 5.97 Å². The van der Waals surface area contributed by atoms with Crippen LogP contribution in [-0.4, -0.2) is 11.1 Å². The quantitative estimate of drug-likeness (QED) is 0.769. The molecule has 2 nitrogen and oxygen atoms in total. The lowest BCUT2D eigenvalue weighted by molar-refractivity contribution is -0.133. The van der Waals surface area contributed by atoms with Crippen LogP contribution >= 0.6 is 0 Å². The molecule has 4 rings (SSSR count). The molecule has 0 atom stereocenters. The molecule has 0 aromatic heterocycles. The lowest BCUT2D eigenvalue weighted by Gasteiger charge is -2.56. The van der Waals surface area contributed by atoms with Crippen LogP contribution in [0.15, 0.2) is 11.6 Å². The molecule has 0 aromatic rings. The highest BCUT2D eigenvalue weighted by molar-refractivity contribution is 5.86. The van der Waals surface area contributed by atoms with Crippen LogP contribution in [-0.2, 0) is 4.79 Å². The molecule has 4 fully saturated rings. The second kappa shape index (κ2) is 4.64. The molecule has 0 saturated heterocycles. The normalized spacial score (nSPS) is 41.0. The topological polar surface area (TPSA) is 37.3 Å². The average molecular weight is 262 g/mol. The summed E-state index contributed by atoms with van der Waals surface area (Å²) >= 11 is 0. The highest BCUT2D eigenvalue weighted by Gasteiger charge is 2.50. The Morgan fingerprint density at radius 3 is 2.00 bits per heavy atom. The fraction of sp³-hybridized carbons (Fsp3) is 0.824. The van der Waals surface area contributed by atoms with Gasteiger partial charge in [-0.05, 0) is 74.0 Å². The number of rotatable bonds is 4. The SMILES string of the molecule is CC(C)CC(=CC12CC3CC(CC(C3)C1)C2)C(=O)O. The van der Waals surface area contributed by atoms with Crippen LogP contribution in [0.5, 0.6) is 0 Å². The second-order valence-electron chi connectivity index (χ2n) is 7.85. The summed E-state index contributed by atoms with van der Waals surface area (Å²) < 4.78 is 0. The molecule has 0 unspecified atom stereocenters. The van der Waals surface area contributed by atoms with Gasteiger partial charge in [0.25, 0.3) is 0 Å². The second-order valence-corrected chi connectivity index (χ2v) is 7.85. The fourth-order valence-corrected chi connectivity index (χ4v) is 5.37. The standard InChI is InChI=1S/C17H26O2/c1-11(2)3-15(16(18)19)10-17-7-12-4-13(8-17)6-14(5-12)9-17/h10-14H,3-9H2,1-2H3,(H,18,19). The van der Waals surface area contributed by atoms with Gasteiger partial charge in [0.05, 0.1) is 0 Å². The van der Waals surface area contributed by atoms with Gasteiger partial charge in [0.15, 0.2) is 0 Å². The van der Waals surface area contributed by atoms with Gasteiger partial charge in [0, 0.05) is 5.57 Å². The van der Waals surface area contributed by atoms with Gasteiger partial charge in [0.1, 0.15) is 0 Å². The summed E-state index contributed by atoms with van der Waals surface area (Å²) in [7, 11) is 0. The third-order valence-corrected chi connectivity index (χ3v) is 5.47. The Bertz CT molecular complexity index is 370. The van der Waals surface area contributed by atoms with E-state index in [0.717, 1.165) is 24.2 Å². The van der Waals surface area contributed by atoms with Crippen molar-refractivity contribution >= 4 is 5.97 Å². The van der Waals surface area contributed by atoms with Crippen LogP contribution in [0.3, 0.4) is 0 Å². The molecule has 1 N–H and O–H groups in total. The van der Waals surface area contributed by atoms with Crippen molar-refractivity contribution in [1.82, 2.24) is 0 Å². The number of aliphatic carboxylic acids is 1. The monoisotopic (exact) mass is 262 g/mol. The molecule has 4 saturated carbocycles. The number of hydrogen-bond donors (Lipinski definition) is 1. The van der Waals surface area contributed by atoms with E-state index < -0.39 is 5.97 Å². The highest BCUT2D eigenvalue weighted by Crippen LogP contribution is 2.60. The maximum absolute atomic E-state index is 11.5. The summed E-state index contributed by atoms with van der Waals surface area (Å²) in [5, 5.41) is 9.46. The summed E-state index contributed by atoms with van der Waals surface area (Å²) in [6.07, 6.45) is 10.9. The van der Waals surface area contributed by atoms with Crippen molar-refractivity contribution in [3.63, 3.8) is 0 Å². The first-order valence-corrected chi connectivity index (χ1v) is 7.91. The molecule has 0 heterocycles. The third kappa shape index (κ3) is 2.59. The molecule has 4 aliphatic carbocycles. The molecule has 0 radical (unpaired) electrons. The largest absolute Gasteiger partial charge is 0.478 e. The summed E-state index contributed by atoms with van der Waals surface area (Å²) in [6, 6.07) is 0. The van der Waals surface area contributed by atoms with Crippen molar-refractivity contribution in [2.24, 2.45) is 29.1 Å². The van der Waals surface area contributed by atoms with Crippen molar-refractivity contribution in [3.8, 4) is 0 Å². The maximum Gasteiger partial charge on any atom is 0.331 e. The molecule has 0 aliphatic heterocycles. The lowest BCUT2D eigenvalue weighted by atomic mass is 9.49. The first-order chi connectivity index (χ1) is 8.96. The van der Waals surface area contributed by atoms with Crippen molar-refractivity contribution in [3.05, 3.63) is 11.6 Å². The molecule has 4 bridgehead atoms. The van der Waals surface area contributed by atoms with Crippen LogP contribution in [0.25, 0.3) is 0 Å². The van der Waals surface area contributed by atoms with Gasteiger partial charge < -0.3 is 5.11 Å². The Morgan fingerprint density at radius 1 is 1.16 bits per heavy atom. The number of allylic oxidation sites excluding steroid dienone is 1. The van der Waals surface area contributed by atoms with Crippen molar-refractivity contribution in [1.29, 1.82) is 0 Å². The van der Waals surface area contributed by atoms with Gasteiger partial charge in [-0.25, -0.2) is 4.79 Å². The van der Waals surface area contributed by atoms with Gasteiger partial charge in [-0.2, -0.15) is 0 Å². The Balaban J connectivity index is 1.85. The van der Waals surface area contributed by atoms with Crippen molar-refractivity contribution in [2.75, 3.05) is 0 Å². The number of carboxylic acids is 1. The van der Waals surface area contributed by atoms with Gasteiger partial charge in [0.2, 0.25) is 0 Å². The zero-order chi connectivity index (χ0) is 13.6. The third-order valence-electron chi connectivity index (χ3n) is 5.47. The van der Waals surface area contributed by atoms with E-state index in [4.69, 9.17) is 0 Å². The van der Waals surface area contributed by atoms with E-state index in [1.165, 1.54) is 38.5 Å². The van der Waals surface area contributed by atoms with E-state index in [-0.39, 0.29) is 5.41 Å². The molecule has 19 heavy (non-hydrogen) atoms. The first kappa shape index (κ1) is 13.2. The molecule has 4 aliphatic rings. The fourth-order valence-electron chi connectivity index (χ4n) is 5.37. The Kier molecular flexibility index (Phi) is 3.23. The van der Waals surface area contributed by atoms with Crippen LogP contribution < -0.4 is 0 Å². The number of carboxylic acid groups (broad SMARTS) is 1. The summed E-state index contributed by atoms with van der Waals surface area (Å²) in [6.45, 7) is 4.22. The average Bonchev–Trinajstić information content (AvgIpc) is 2.24. The predicted octanol–water partition coefficient (Wildman–Crippen LogP) is 4.26. The van der Waals surface area contributed by atoms with Gasteiger partial charge in [-0.15, -0.1) is 0 Å². The van der Waals surface area contributed by atoms with Crippen LogP contribution in [0, 0.1) is 29.1 Å². The molecule has 0 spiro atoms. The molecular weight excluding hydrogens is 236 g/mol. The van der Waals surface area contributed by atoms with Gasteiger partial charge in [-0.3, -0.25) is 0 Å². The minimum absolute atomic E-state index is 0.247.